The fourth-order valence-electron chi connectivity index (χ4n) is 0. The Hall–Kier alpha value is 0.930. The molecule has 2 N–H and O–H groups in total. The Kier molecular flexibility index (Phi) is 31.3. The van der Waals surface area contributed by atoms with Gasteiger partial charge in [-0.1, -0.05) is 0 Å². The van der Waals surface area contributed by atoms with Crippen LogP contribution in [0.4, 0.5) is 8.78 Å². The molecular formula is CH5F2NaO3S. The molecule has 0 radical (unpaired) electrons. The molecule has 0 spiro atoms. The van der Waals surface area contributed by atoms with Gasteiger partial charge in [0.1, 0.15) is 0 Å². The molecule has 0 saturated heterocycles. The van der Waals surface area contributed by atoms with Gasteiger partial charge in [-0.3, -0.25) is 9.11 Å². The van der Waals surface area contributed by atoms with Crippen molar-refractivity contribution in [3.63, 3.8) is 0 Å². The summed E-state index contributed by atoms with van der Waals surface area (Å²) in [5.41, 5.74) is 0. The summed E-state index contributed by atoms with van der Waals surface area (Å²) < 4.78 is 42.1. The van der Waals surface area contributed by atoms with E-state index in [9.17, 15) is 8.78 Å². The van der Waals surface area contributed by atoms with E-state index in [1.54, 1.807) is 0 Å². The number of halogens is 2. The van der Waals surface area contributed by atoms with Gasteiger partial charge in [-0.05, 0) is 0 Å². The molecule has 0 aliphatic heterocycles. The Morgan fingerprint density at radius 2 is 1.38 bits per heavy atom. The molecule has 0 aliphatic rings. The van der Waals surface area contributed by atoms with Gasteiger partial charge >= 0.3 is 29.6 Å². The molecule has 3 nitrogen and oxygen atoms in total. The standard InChI is InChI=1S/CH2F2.Na.H2O3S.H/c2-1-3;;1-4(2)3;/h1H2;;(H2,1,2,3);. The van der Waals surface area contributed by atoms with Crippen molar-refractivity contribution in [1.82, 2.24) is 0 Å². The van der Waals surface area contributed by atoms with Crippen molar-refractivity contribution >= 4 is 40.9 Å². The topological polar surface area (TPSA) is 57.5 Å². The first-order chi connectivity index (χ1) is 3.15. The van der Waals surface area contributed by atoms with E-state index in [2.05, 4.69) is 0 Å². The SMILES string of the molecule is FCF.O=S(O)O.[NaH]. The summed E-state index contributed by atoms with van der Waals surface area (Å²) in [6.45, 7) is -1.75. The van der Waals surface area contributed by atoms with E-state index in [0.717, 1.165) is 0 Å². The van der Waals surface area contributed by atoms with E-state index < -0.39 is 18.3 Å². The Bertz CT molecular complexity index is 48.5. The van der Waals surface area contributed by atoms with Gasteiger partial charge in [-0.25, -0.2) is 8.78 Å². The third-order valence-electron chi connectivity index (χ3n) is 0. The van der Waals surface area contributed by atoms with Gasteiger partial charge < -0.3 is 0 Å². The second-order valence-corrected chi connectivity index (χ2v) is 0.793. The summed E-state index contributed by atoms with van der Waals surface area (Å²) in [5, 5.41) is 0. The predicted molar refractivity (Wildman–Crippen MR) is 27.6 cm³/mol. The van der Waals surface area contributed by atoms with Crippen molar-refractivity contribution in [2.45, 2.75) is 0 Å². The zero-order valence-electron chi connectivity index (χ0n) is 3.17. The van der Waals surface area contributed by atoms with Crippen LogP contribution in [-0.2, 0) is 11.4 Å². The van der Waals surface area contributed by atoms with Gasteiger partial charge in [-0.2, -0.15) is 4.21 Å². The molecule has 0 heterocycles. The van der Waals surface area contributed by atoms with E-state index in [-0.39, 0.29) is 29.6 Å². The summed E-state index contributed by atoms with van der Waals surface area (Å²) in [7, 11) is 0. The van der Waals surface area contributed by atoms with Crippen LogP contribution < -0.4 is 0 Å². The van der Waals surface area contributed by atoms with Crippen LogP contribution in [0.5, 0.6) is 0 Å². The molecule has 0 aromatic carbocycles. The van der Waals surface area contributed by atoms with Crippen molar-refractivity contribution in [1.29, 1.82) is 0 Å². The van der Waals surface area contributed by atoms with Crippen LogP contribution in [0.1, 0.15) is 0 Å². The molecule has 0 unspecified atom stereocenters. The molecule has 0 saturated carbocycles. The number of rotatable bonds is 0. The second-order valence-electron chi connectivity index (χ2n) is 0.332. The van der Waals surface area contributed by atoms with Crippen LogP contribution in [0.2, 0.25) is 0 Å². The van der Waals surface area contributed by atoms with Gasteiger partial charge in [0.05, 0.1) is 0 Å². The minimum absolute atomic E-state index is 0. The normalized spacial score (nSPS) is 6.62. The Morgan fingerprint density at radius 1 is 1.38 bits per heavy atom. The van der Waals surface area contributed by atoms with Crippen LogP contribution >= 0.6 is 0 Å². The fraction of sp³-hybridized carbons (Fsp3) is 1.00. The summed E-state index contributed by atoms with van der Waals surface area (Å²) in [6.07, 6.45) is 0. The zero-order chi connectivity index (χ0) is 6.28. The van der Waals surface area contributed by atoms with E-state index in [1.165, 1.54) is 0 Å². The van der Waals surface area contributed by atoms with Gasteiger partial charge in [0.25, 0.3) is 11.4 Å². The summed E-state index contributed by atoms with van der Waals surface area (Å²) in [4.78, 5) is 0. The van der Waals surface area contributed by atoms with Crippen LogP contribution in [-0.4, -0.2) is 49.8 Å². The maximum atomic E-state index is 9.62. The maximum absolute atomic E-state index is 9.62. The number of alkyl halides is 2. The van der Waals surface area contributed by atoms with Crippen LogP contribution in [0, 0.1) is 0 Å². The van der Waals surface area contributed by atoms with Crippen molar-refractivity contribution in [2.24, 2.45) is 0 Å². The molecule has 0 amide bonds. The predicted octanol–water partition coefficient (Wildman–Crippen LogP) is -0.0845. The molecule has 7 heteroatoms. The molecule has 8 heavy (non-hydrogen) atoms. The third-order valence-corrected chi connectivity index (χ3v) is 0. The first-order valence-electron chi connectivity index (χ1n) is 1.07. The van der Waals surface area contributed by atoms with Gasteiger partial charge in [-0.15, -0.1) is 0 Å². The quantitative estimate of drug-likeness (QED) is 0.382. The van der Waals surface area contributed by atoms with Gasteiger partial charge in [0, 0.05) is 0 Å². The van der Waals surface area contributed by atoms with E-state index >= 15 is 0 Å². The summed E-state index contributed by atoms with van der Waals surface area (Å²) in [5.74, 6) is 0. The summed E-state index contributed by atoms with van der Waals surface area (Å²) in [6, 6.07) is 0. The Morgan fingerprint density at radius 3 is 1.38 bits per heavy atom. The first-order valence-corrected chi connectivity index (χ1v) is 2.13. The monoisotopic (exact) mass is 158 g/mol. The van der Waals surface area contributed by atoms with Crippen LogP contribution in [0.15, 0.2) is 0 Å². The van der Waals surface area contributed by atoms with Crippen molar-refractivity contribution < 1.29 is 22.1 Å². The van der Waals surface area contributed by atoms with E-state index in [1.807, 2.05) is 0 Å². The molecule has 0 atom stereocenters. The first kappa shape index (κ1) is 16.0. The molecule has 0 fully saturated rings. The molecule has 0 rings (SSSR count). The van der Waals surface area contributed by atoms with Gasteiger partial charge in [0.15, 0.2) is 0 Å². The van der Waals surface area contributed by atoms with Crippen LogP contribution in [0.25, 0.3) is 0 Å². The fourth-order valence-corrected chi connectivity index (χ4v) is 0. The van der Waals surface area contributed by atoms with Crippen LogP contribution in [0.3, 0.4) is 0 Å². The Balaban J connectivity index is -0.0000000575. The average molecular weight is 158 g/mol. The molecular weight excluding hydrogens is 153 g/mol. The molecule has 0 aliphatic carbocycles. The van der Waals surface area contributed by atoms with Crippen molar-refractivity contribution in [3.8, 4) is 0 Å². The second kappa shape index (κ2) is 15.7. The zero-order valence-corrected chi connectivity index (χ0v) is 3.99. The minimum atomic E-state index is -2.61. The molecule has 0 bridgehead atoms. The van der Waals surface area contributed by atoms with E-state index in [4.69, 9.17) is 13.3 Å². The molecule has 48 valence electrons. The van der Waals surface area contributed by atoms with Crippen molar-refractivity contribution in [2.75, 3.05) is 6.93 Å². The summed E-state index contributed by atoms with van der Waals surface area (Å²) >= 11 is -2.61. The van der Waals surface area contributed by atoms with Gasteiger partial charge in [0.2, 0.25) is 6.93 Å². The number of hydrogen-bond acceptors (Lipinski definition) is 1. The third kappa shape index (κ3) is 282. The number of hydrogen-bond donors (Lipinski definition) is 2. The Labute approximate surface area is 69.9 Å². The molecule has 0 aromatic rings. The average Bonchev–Trinajstić information content (AvgIpc) is 1.33. The van der Waals surface area contributed by atoms with E-state index in [0.29, 0.717) is 0 Å². The molecule has 0 aromatic heterocycles. The van der Waals surface area contributed by atoms with Crippen molar-refractivity contribution in [3.05, 3.63) is 0 Å².